The number of methoxy groups -OCH3 is 1. The second kappa shape index (κ2) is 12.0. The van der Waals surface area contributed by atoms with E-state index < -0.39 is 0 Å². The van der Waals surface area contributed by atoms with Crippen molar-refractivity contribution in [3.63, 3.8) is 0 Å². The highest BCUT2D eigenvalue weighted by molar-refractivity contribution is 9.10. The van der Waals surface area contributed by atoms with Gasteiger partial charge in [-0.25, -0.2) is 0 Å². The second-order valence-corrected chi connectivity index (χ2v) is 9.55. The van der Waals surface area contributed by atoms with E-state index in [1.54, 1.807) is 7.11 Å². The maximum Gasteiger partial charge on any atom is 0.224 e. The number of nitrogens with zero attached hydrogens (tertiary/aromatic N) is 1. The number of nitrogens with one attached hydrogen (secondary N) is 1. The van der Waals surface area contributed by atoms with Crippen LogP contribution in [0.5, 0.6) is 17.2 Å². The number of carbonyl (C=O) groups excluding carboxylic acids is 1. The Balaban J connectivity index is 1.22. The van der Waals surface area contributed by atoms with Crippen LogP contribution in [0.2, 0.25) is 0 Å². The van der Waals surface area contributed by atoms with Crippen molar-refractivity contribution >= 4 is 21.8 Å². The molecule has 0 aromatic heterocycles. The van der Waals surface area contributed by atoms with Crippen LogP contribution in [0.1, 0.15) is 24.0 Å². The molecule has 0 atom stereocenters. The zero-order chi connectivity index (χ0) is 23.8. The van der Waals surface area contributed by atoms with Crippen molar-refractivity contribution in [1.29, 1.82) is 0 Å². The molecule has 34 heavy (non-hydrogen) atoms. The van der Waals surface area contributed by atoms with Crippen molar-refractivity contribution in [2.45, 2.75) is 25.8 Å². The molecular formula is C28H31BrN2O3. The van der Waals surface area contributed by atoms with Crippen LogP contribution >= 0.6 is 15.9 Å². The predicted octanol–water partition coefficient (Wildman–Crippen LogP) is 5.82. The maximum absolute atomic E-state index is 12.4. The summed E-state index contributed by atoms with van der Waals surface area (Å²) in [4.78, 5) is 14.8. The molecule has 1 fully saturated rings. The summed E-state index contributed by atoms with van der Waals surface area (Å²) < 4.78 is 12.4. The van der Waals surface area contributed by atoms with Gasteiger partial charge in [-0.1, -0.05) is 58.4 Å². The minimum absolute atomic E-state index is 0.0844. The highest BCUT2D eigenvalue weighted by Crippen LogP contribution is 2.31. The van der Waals surface area contributed by atoms with Gasteiger partial charge in [0.15, 0.2) is 11.5 Å². The van der Waals surface area contributed by atoms with E-state index in [2.05, 4.69) is 38.3 Å². The summed E-state index contributed by atoms with van der Waals surface area (Å²) in [6, 6.07) is 23.8. The largest absolute Gasteiger partial charge is 0.493 e. The lowest BCUT2D eigenvalue weighted by Gasteiger charge is -2.32. The van der Waals surface area contributed by atoms with Gasteiger partial charge in [-0.05, 0) is 73.3 Å². The number of para-hydroxylation sites is 2. The molecular weight excluding hydrogens is 492 g/mol. The van der Waals surface area contributed by atoms with Crippen molar-refractivity contribution in [3.05, 3.63) is 88.4 Å². The lowest BCUT2D eigenvalue weighted by molar-refractivity contribution is -0.120. The molecule has 3 aromatic rings. The molecule has 1 heterocycles. The molecule has 5 nitrogen and oxygen atoms in total. The van der Waals surface area contributed by atoms with E-state index in [-0.39, 0.29) is 5.91 Å². The van der Waals surface area contributed by atoms with Crippen molar-refractivity contribution in [2.75, 3.05) is 26.7 Å². The van der Waals surface area contributed by atoms with E-state index >= 15 is 0 Å². The first-order chi connectivity index (χ1) is 16.6. The van der Waals surface area contributed by atoms with E-state index in [1.807, 2.05) is 60.7 Å². The van der Waals surface area contributed by atoms with Crippen LogP contribution in [0.15, 0.2) is 77.3 Å². The van der Waals surface area contributed by atoms with E-state index in [9.17, 15) is 4.79 Å². The fourth-order valence-corrected chi connectivity index (χ4v) is 4.70. The molecule has 1 aliphatic rings. The molecule has 1 N–H and O–H groups in total. The van der Waals surface area contributed by atoms with Gasteiger partial charge in [0, 0.05) is 17.6 Å². The van der Waals surface area contributed by atoms with Crippen LogP contribution in [0.25, 0.3) is 0 Å². The second-order valence-electron chi connectivity index (χ2n) is 8.69. The van der Waals surface area contributed by atoms with Gasteiger partial charge < -0.3 is 14.8 Å². The molecule has 1 amide bonds. The number of hydrogen-bond acceptors (Lipinski definition) is 4. The van der Waals surface area contributed by atoms with Crippen molar-refractivity contribution in [1.82, 2.24) is 10.2 Å². The van der Waals surface area contributed by atoms with Gasteiger partial charge in [-0.15, -0.1) is 0 Å². The van der Waals surface area contributed by atoms with Gasteiger partial charge in [0.25, 0.3) is 0 Å². The fourth-order valence-electron chi connectivity index (χ4n) is 4.28. The van der Waals surface area contributed by atoms with Gasteiger partial charge in [-0.3, -0.25) is 9.69 Å². The number of likely N-dealkylation sites (tertiary alicyclic amines) is 1. The molecule has 0 spiro atoms. The van der Waals surface area contributed by atoms with Crippen molar-refractivity contribution in [2.24, 2.45) is 5.92 Å². The average molecular weight is 523 g/mol. The summed E-state index contributed by atoms with van der Waals surface area (Å²) in [5, 5.41) is 3.13. The van der Waals surface area contributed by atoms with Gasteiger partial charge in [-0.2, -0.15) is 0 Å². The van der Waals surface area contributed by atoms with Crippen LogP contribution in [0.4, 0.5) is 0 Å². The molecule has 0 bridgehead atoms. The molecule has 0 unspecified atom stereocenters. The molecule has 3 aromatic carbocycles. The number of halogens is 1. The Morgan fingerprint density at radius 3 is 2.50 bits per heavy atom. The number of benzene rings is 3. The summed E-state index contributed by atoms with van der Waals surface area (Å²) in [5.74, 6) is 2.86. The van der Waals surface area contributed by atoms with Gasteiger partial charge in [0.2, 0.25) is 5.91 Å². The van der Waals surface area contributed by atoms with Gasteiger partial charge in [0.05, 0.1) is 13.5 Å². The highest BCUT2D eigenvalue weighted by Gasteiger charge is 2.20. The first kappa shape index (κ1) is 24.3. The zero-order valence-corrected chi connectivity index (χ0v) is 21.1. The van der Waals surface area contributed by atoms with E-state index in [1.165, 1.54) is 5.56 Å². The van der Waals surface area contributed by atoms with Crippen LogP contribution in [0.3, 0.4) is 0 Å². The minimum Gasteiger partial charge on any atom is -0.493 e. The molecule has 178 valence electrons. The Labute approximate surface area is 210 Å². The summed E-state index contributed by atoms with van der Waals surface area (Å²) in [6.07, 6.45) is 2.59. The van der Waals surface area contributed by atoms with Crippen LogP contribution < -0.4 is 14.8 Å². The first-order valence-electron chi connectivity index (χ1n) is 11.7. The highest BCUT2D eigenvalue weighted by atomic mass is 79.9. The Hall–Kier alpha value is -2.83. The average Bonchev–Trinajstić information content (AvgIpc) is 2.86. The smallest absolute Gasteiger partial charge is 0.224 e. The summed E-state index contributed by atoms with van der Waals surface area (Å²) in [6.45, 7) is 3.70. The zero-order valence-electron chi connectivity index (χ0n) is 19.5. The quantitative estimate of drug-likeness (QED) is 0.384. The molecule has 0 saturated carbocycles. The number of piperidine rings is 1. The van der Waals surface area contributed by atoms with Crippen molar-refractivity contribution < 1.29 is 14.3 Å². The minimum atomic E-state index is 0.0844. The third-order valence-electron chi connectivity index (χ3n) is 6.21. The molecule has 0 radical (unpaired) electrons. The number of hydrogen-bond donors (Lipinski definition) is 1. The monoisotopic (exact) mass is 522 g/mol. The number of ether oxygens (including phenoxy) is 2. The fraction of sp³-hybridized carbons (Fsp3) is 0.321. The van der Waals surface area contributed by atoms with Gasteiger partial charge >= 0.3 is 0 Å². The number of rotatable bonds is 9. The van der Waals surface area contributed by atoms with Crippen LogP contribution in [0, 0.1) is 5.92 Å². The van der Waals surface area contributed by atoms with Crippen LogP contribution in [-0.2, 0) is 17.8 Å². The van der Waals surface area contributed by atoms with Crippen LogP contribution in [-0.4, -0.2) is 37.6 Å². The standard InChI is InChI=1S/C28H31BrN2O3/c1-33-26-11-4-5-12-27(26)34-24-9-6-7-22(17-24)20-31-15-13-21(14-16-31)19-30-28(32)18-23-8-2-3-10-25(23)29/h2-12,17,21H,13-16,18-20H2,1H3,(H,30,32). The normalized spacial score (nSPS) is 14.5. The first-order valence-corrected chi connectivity index (χ1v) is 12.5. The predicted molar refractivity (Wildman–Crippen MR) is 138 cm³/mol. The third-order valence-corrected chi connectivity index (χ3v) is 6.98. The Morgan fingerprint density at radius 2 is 1.74 bits per heavy atom. The molecule has 4 rings (SSSR count). The Kier molecular flexibility index (Phi) is 8.61. The number of amides is 1. The van der Waals surface area contributed by atoms with E-state index in [0.29, 0.717) is 18.1 Å². The molecule has 6 heteroatoms. The molecule has 0 aliphatic carbocycles. The topological polar surface area (TPSA) is 50.8 Å². The lowest BCUT2D eigenvalue weighted by Crippen LogP contribution is -2.38. The number of carbonyl (C=O) groups is 1. The Morgan fingerprint density at radius 1 is 1.00 bits per heavy atom. The molecule has 1 aliphatic heterocycles. The third kappa shape index (κ3) is 6.84. The van der Waals surface area contributed by atoms with Crippen molar-refractivity contribution in [3.8, 4) is 17.2 Å². The summed E-state index contributed by atoms with van der Waals surface area (Å²) >= 11 is 3.51. The SMILES string of the molecule is COc1ccccc1Oc1cccc(CN2CCC(CNC(=O)Cc3ccccc3Br)CC2)c1. The Bertz CT molecular complexity index is 1100. The van der Waals surface area contributed by atoms with E-state index in [4.69, 9.17) is 9.47 Å². The van der Waals surface area contributed by atoms with Gasteiger partial charge in [0.1, 0.15) is 5.75 Å². The maximum atomic E-state index is 12.4. The molecule has 1 saturated heterocycles. The lowest BCUT2D eigenvalue weighted by atomic mass is 9.96. The van der Waals surface area contributed by atoms with E-state index in [0.717, 1.165) is 60.6 Å². The summed E-state index contributed by atoms with van der Waals surface area (Å²) in [5.41, 5.74) is 2.25. The summed E-state index contributed by atoms with van der Waals surface area (Å²) in [7, 11) is 1.65.